The molecule has 4 atom stereocenters. The van der Waals surface area contributed by atoms with Crippen molar-refractivity contribution in [2.45, 2.75) is 77.6 Å². The number of fused-ring (bicyclic) bond motifs is 3. The molecule has 1 aromatic heterocycles. The molecule has 10 nitrogen and oxygen atoms in total. The van der Waals surface area contributed by atoms with Crippen molar-refractivity contribution in [2.24, 2.45) is 17.6 Å². The smallest absolute Gasteiger partial charge is 0.408 e. The second-order valence-electron chi connectivity index (χ2n) is 11.8. The zero-order valence-electron chi connectivity index (χ0n) is 25.3. The molecule has 0 radical (unpaired) electrons. The summed E-state index contributed by atoms with van der Waals surface area (Å²) in [7, 11) is 0. The third-order valence-corrected chi connectivity index (χ3v) is 9.18. The SMILES string of the molecule is CC[C@H](C)[C@H](NC(=O)OCc1ccccc1)C(=O)N[C@@]1(C(=O)N[C@H](C(N)=O)C(C)C)CCc2[nH]c3c(Cl)c(Cl)ccc3c2C1. The zero-order chi connectivity index (χ0) is 32.2. The summed E-state index contributed by atoms with van der Waals surface area (Å²) >= 11 is 12.8. The molecule has 0 bridgehead atoms. The predicted octanol–water partition coefficient (Wildman–Crippen LogP) is 4.79. The minimum absolute atomic E-state index is 0.0352. The van der Waals surface area contributed by atoms with Crippen molar-refractivity contribution < 1.29 is 23.9 Å². The maximum absolute atomic E-state index is 14.1. The molecule has 12 heteroatoms. The topological polar surface area (TPSA) is 155 Å². The number of amides is 4. The van der Waals surface area contributed by atoms with E-state index in [1.165, 1.54) is 0 Å². The summed E-state index contributed by atoms with van der Waals surface area (Å²) in [5.74, 6) is -2.35. The number of nitrogens with two attached hydrogens (primary N) is 1. The number of aromatic amines is 1. The number of ether oxygens (including phenoxy) is 1. The van der Waals surface area contributed by atoms with Crippen LogP contribution in [0.25, 0.3) is 10.9 Å². The van der Waals surface area contributed by atoms with Crippen LogP contribution in [0.15, 0.2) is 42.5 Å². The second kappa shape index (κ2) is 13.9. The highest BCUT2D eigenvalue weighted by Crippen LogP contribution is 2.39. The van der Waals surface area contributed by atoms with E-state index in [0.29, 0.717) is 28.4 Å². The molecule has 0 unspecified atom stereocenters. The molecule has 1 heterocycles. The van der Waals surface area contributed by atoms with Crippen LogP contribution < -0.4 is 21.7 Å². The Morgan fingerprint density at radius 1 is 1.02 bits per heavy atom. The van der Waals surface area contributed by atoms with Crippen LogP contribution >= 0.6 is 23.2 Å². The van der Waals surface area contributed by atoms with Gasteiger partial charge in [0.25, 0.3) is 0 Å². The lowest BCUT2D eigenvalue weighted by Crippen LogP contribution is -2.67. The molecule has 1 aliphatic carbocycles. The van der Waals surface area contributed by atoms with Gasteiger partial charge in [-0.05, 0) is 41.9 Å². The summed E-state index contributed by atoms with van der Waals surface area (Å²) in [6, 6.07) is 10.7. The number of carbonyl (C=O) groups is 4. The standard InChI is InChI=1S/C32H39Cl2N5O5/c1-5-18(4)26(38-31(43)44-16-19-9-7-6-8-10-19)29(41)39-32(30(42)37-25(17(2)3)28(35)40)14-13-23-21(15-32)20-11-12-22(33)24(34)27(20)36-23/h6-12,17-18,25-26,36H,5,13-16H2,1-4H3,(H2,35,40)(H,37,42)(H,38,43)(H,39,41)/t18-,25-,26-,32-/m0/s1. The Balaban J connectivity index is 1.65. The number of aryl methyl sites for hydroxylation is 1. The van der Waals surface area contributed by atoms with Gasteiger partial charge in [0.05, 0.1) is 15.6 Å². The maximum atomic E-state index is 14.1. The van der Waals surface area contributed by atoms with Crippen LogP contribution in [0.3, 0.4) is 0 Å². The number of nitrogens with one attached hydrogen (secondary N) is 4. The van der Waals surface area contributed by atoms with Crippen LogP contribution in [0.1, 0.15) is 57.4 Å². The fourth-order valence-corrected chi connectivity index (χ4v) is 5.94. The monoisotopic (exact) mass is 643 g/mol. The van der Waals surface area contributed by atoms with Crippen molar-refractivity contribution in [1.29, 1.82) is 0 Å². The van der Waals surface area contributed by atoms with Crippen molar-refractivity contribution in [3.05, 3.63) is 69.3 Å². The second-order valence-corrected chi connectivity index (χ2v) is 12.6. The van der Waals surface area contributed by atoms with Gasteiger partial charge in [0.15, 0.2) is 0 Å². The Morgan fingerprint density at radius 2 is 1.73 bits per heavy atom. The van der Waals surface area contributed by atoms with Gasteiger partial charge in [-0.15, -0.1) is 0 Å². The van der Waals surface area contributed by atoms with Gasteiger partial charge in [0.2, 0.25) is 17.7 Å². The van der Waals surface area contributed by atoms with E-state index in [0.717, 1.165) is 22.2 Å². The van der Waals surface area contributed by atoms with Crippen LogP contribution in [0, 0.1) is 11.8 Å². The molecular weight excluding hydrogens is 605 g/mol. The normalized spacial score (nSPS) is 18.2. The number of hydrogen-bond donors (Lipinski definition) is 5. The van der Waals surface area contributed by atoms with Crippen molar-refractivity contribution in [3.63, 3.8) is 0 Å². The van der Waals surface area contributed by atoms with Crippen molar-refractivity contribution in [2.75, 3.05) is 0 Å². The third-order valence-electron chi connectivity index (χ3n) is 8.38. The third kappa shape index (κ3) is 7.13. The van der Waals surface area contributed by atoms with Crippen LogP contribution in [0.5, 0.6) is 0 Å². The molecule has 236 valence electrons. The number of hydrogen-bond acceptors (Lipinski definition) is 5. The van der Waals surface area contributed by atoms with E-state index in [9.17, 15) is 19.2 Å². The van der Waals surface area contributed by atoms with Crippen LogP contribution in [-0.4, -0.2) is 46.4 Å². The minimum Gasteiger partial charge on any atom is -0.445 e. The van der Waals surface area contributed by atoms with E-state index >= 15 is 0 Å². The van der Waals surface area contributed by atoms with E-state index in [1.54, 1.807) is 19.9 Å². The first kappa shape index (κ1) is 33.1. The summed E-state index contributed by atoms with van der Waals surface area (Å²) in [5.41, 5.74) is 7.28. The molecule has 44 heavy (non-hydrogen) atoms. The number of primary amides is 1. The maximum Gasteiger partial charge on any atom is 0.408 e. The zero-order valence-corrected chi connectivity index (χ0v) is 26.8. The molecule has 0 saturated carbocycles. The lowest BCUT2D eigenvalue weighted by Gasteiger charge is -2.39. The minimum atomic E-state index is -1.46. The summed E-state index contributed by atoms with van der Waals surface area (Å²) < 4.78 is 5.39. The van der Waals surface area contributed by atoms with Gasteiger partial charge in [0.1, 0.15) is 24.2 Å². The fraction of sp³-hybridized carbons (Fsp3) is 0.438. The fourth-order valence-electron chi connectivity index (χ4n) is 5.57. The molecular formula is C32H39Cl2N5O5. The molecule has 3 aromatic rings. The van der Waals surface area contributed by atoms with Gasteiger partial charge in [0, 0.05) is 17.5 Å². The van der Waals surface area contributed by atoms with E-state index in [4.69, 9.17) is 33.7 Å². The molecule has 2 aromatic carbocycles. The molecule has 4 rings (SSSR count). The van der Waals surface area contributed by atoms with Crippen LogP contribution in [-0.2, 0) is 38.6 Å². The lowest BCUT2D eigenvalue weighted by molar-refractivity contribution is -0.137. The first-order valence-corrected chi connectivity index (χ1v) is 15.5. The highest BCUT2D eigenvalue weighted by atomic mass is 35.5. The Labute approximate surface area is 266 Å². The van der Waals surface area contributed by atoms with Crippen molar-refractivity contribution >= 4 is 57.9 Å². The number of aromatic nitrogens is 1. The first-order chi connectivity index (χ1) is 20.9. The number of carbonyl (C=O) groups excluding carboxylic acids is 4. The molecule has 0 spiro atoms. The van der Waals surface area contributed by atoms with E-state index in [2.05, 4.69) is 20.9 Å². The summed E-state index contributed by atoms with van der Waals surface area (Å²) in [6.45, 7) is 7.32. The highest BCUT2D eigenvalue weighted by molar-refractivity contribution is 6.45. The van der Waals surface area contributed by atoms with Gasteiger partial charge < -0.3 is 31.4 Å². The Hall–Kier alpha value is -3.76. The number of H-pyrrole nitrogens is 1. The molecule has 0 fully saturated rings. The van der Waals surface area contributed by atoms with Gasteiger partial charge in [-0.2, -0.15) is 0 Å². The van der Waals surface area contributed by atoms with Gasteiger partial charge in [-0.1, -0.05) is 93.7 Å². The Kier molecular flexibility index (Phi) is 10.5. The number of benzene rings is 2. The average Bonchev–Trinajstić information content (AvgIpc) is 3.37. The lowest BCUT2D eigenvalue weighted by atomic mass is 9.78. The summed E-state index contributed by atoms with van der Waals surface area (Å²) in [4.78, 5) is 56.5. The van der Waals surface area contributed by atoms with Crippen LogP contribution in [0.2, 0.25) is 10.0 Å². The molecule has 4 amide bonds. The number of rotatable bonds is 11. The van der Waals surface area contributed by atoms with Gasteiger partial charge in [-0.25, -0.2) is 4.79 Å². The number of alkyl carbamates (subject to hydrolysis) is 1. The quantitative estimate of drug-likeness (QED) is 0.203. The van der Waals surface area contributed by atoms with Crippen molar-refractivity contribution in [3.8, 4) is 0 Å². The molecule has 0 saturated heterocycles. The van der Waals surface area contributed by atoms with E-state index in [1.807, 2.05) is 50.2 Å². The molecule has 1 aliphatic rings. The summed E-state index contributed by atoms with van der Waals surface area (Å²) in [6.07, 6.45) is 0.530. The van der Waals surface area contributed by atoms with E-state index < -0.39 is 41.4 Å². The first-order valence-electron chi connectivity index (χ1n) is 14.7. The van der Waals surface area contributed by atoms with Crippen LogP contribution in [0.4, 0.5) is 4.79 Å². The predicted molar refractivity (Wildman–Crippen MR) is 170 cm³/mol. The Bertz CT molecular complexity index is 1540. The Morgan fingerprint density at radius 3 is 2.36 bits per heavy atom. The highest BCUT2D eigenvalue weighted by Gasteiger charge is 2.46. The van der Waals surface area contributed by atoms with Gasteiger partial charge >= 0.3 is 6.09 Å². The molecule has 6 N–H and O–H groups in total. The van der Waals surface area contributed by atoms with Gasteiger partial charge in [-0.3, -0.25) is 14.4 Å². The summed E-state index contributed by atoms with van der Waals surface area (Å²) in [5, 5.41) is 10.00. The largest absolute Gasteiger partial charge is 0.445 e. The van der Waals surface area contributed by atoms with E-state index in [-0.39, 0.29) is 31.3 Å². The van der Waals surface area contributed by atoms with Crippen molar-refractivity contribution in [1.82, 2.24) is 20.9 Å². The molecule has 0 aliphatic heterocycles. The number of halogens is 2. The average molecular weight is 645 g/mol.